The second-order valence-electron chi connectivity index (χ2n) is 6.62. The smallest absolute Gasteiger partial charge is 0.233 e. The molecular formula is C22H20ClN5OS2. The summed E-state index contributed by atoms with van der Waals surface area (Å²) in [6.45, 7) is 3.16. The topological polar surface area (TPSA) is 63.9 Å². The van der Waals surface area contributed by atoms with E-state index in [2.05, 4.69) is 15.2 Å². The van der Waals surface area contributed by atoms with E-state index in [1.165, 1.54) is 23.1 Å². The van der Waals surface area contributed by atoms with E-state index in [0.717, 1.165) is 20.5 Å². The minimum atomic E-state index is 0.0440. The van der Waals surface area contributed by atoms with E-state index >= 15 is 0 Å². The van der Waals surface area contributed by atoms with Gasteiger partial charge in [-0.1, -0.05) is 41.6 Å². The van der Waals surface area contributed by atoms with Crippen molar-refractivity contribution in [2.24, 2.45) is 0 Å². The zero-order valence-corrected chi connectivity index (χ0v) is 19.2. The Balaban J connectivity index is 1.55. The molecule has 0 aliphatic carbocycles. The number of para-hydroxylation sites is 1. The molecule has 0 radical (unpaired) electrons. The van der Waals surface area contributed by atoms with Crippen molar-refractivity contribution < 1.29 is 4.79 Å². The van der Waals surface area contributed by atoms with Crippen LogP contribution in [0.2, 0.25) is 4.34 Å². The van der Waals surface area contributed by atoms with E-state index in [9.17, 15) is 4.79 Å². The third-order valence-corrected chi connectivity index (χ3v) is 6.73. The van der Waals surface area contributed by atoms with Crippen LogP contribution in [0.4, 0.5) is 0 Å². The number of halogens is 1. The first-order valence-corrected chi connectivity index (χ1v) is 11.9. The molecule has 0 N–H and O–H groups in total. The average Bonchev–Trinajstić information content (AvgIpc) is 3.43. The van der Waals surface area contributed by atoms with E-state index in [1.54, 1.807) is 12.4 Å². The molecule has 6 nitrogen and oxygen atoms in total. The fourth-order valence-electron chi connectivity index (χ4n) is 3.07. The van der Waals surface area contributed by atoms with E-state index in [4.69, 9.17) is 11.6 Å². The summed E-state index contributed by atoms with van der Waals surface area (Å²) in [5, 5.41) is 9.43. The van der Waals surface area contributed by atoms with E-state index in [0.29, 0.717) is 24.1 Å². The van der Waals surface area contributed by atoms with Crippen LogP contribution >= 0.6 is 34.7 Å². The second kappa shape index (κ2) is 10.1. The lowest BCUT2D eigenvalue weighted by atomic mass is 10.2. The molecule has 9 heteroatoms. The van der Waals surface area contributed by atoms with E-state index < -0.39 is 0 Å². The van der Waals surface area contributed by atoms with Gasteiger partial charge in [-0.3, -0.25) is 14.3 Å². The number of thioether (sulfide) groups is 1. The SMILES string of the molecule is CCN(Cc1ccc(Cl)s1)C(=O)CSc1nnc(-c2cccnc2)n1-c1ccccc1. The van der Waals surface area contributed by atoms with Gasteiger partial charge in [-0.2, -0.15) is 0 Å². The van der Waals surface area contributed by atoms with Crippen molar-refractivity contribution in [3.8, 4) is 17.1 Å². The van der Waals surface area contributed by atoms with Crippen LogP contribution in [0.3, 0.4) is 0 Å². The van der Waals surface area contributed by atoms with Gasteiger partial charge in [0.2, 0.25) is 5.91 Å². The molecule has 0 bridgehead atoms. The van der Waals surface area contributed by atoms with Crippen molar-refractivity contribution >= 4 is 40.6 Å². The quantitative estimate of drug-likeness (QED) is 0.332. The van der Waals surface area contributed by atoms with Crippen molar-refractivity contribution in [1.29, 1.82) is 0 Å². The number of aromatic nitrogens is 4. The number of pyridine rings is 1. The maximum absolute atomic E-state index is 12.9. The molecule has 1 aromatic carbocycles. The van der Waals surface area contributed by atoms with Crippen LogP contribution in [0.1, 0.15) is 11.8 Å². The Morgan fingerprint density at radius 2 is 1.97 bits per heavy atom. The van der Waals surface area contributed by atoms with Crippen molar-refractivity contribution in [2.75, 3.05) is 12.3 Å². The lowest BCUT2D eigenvalue weighted by Crippen LogP contribution is -2.31. The molecule has 3 aromatic heterocycles. The molecule has 158 valence electrons. The van der Waals surface area contributed by atoms with Crippen LogP contribution in [0, 0.1) is 0 Å². The van der Waals surface area contributed by atoms with Crippen LogP contribution in [0.15, 0.2) is 72.1 Å². The van der Waals surface area contributed by atoms with Crippen LogP contribution in [0.25, 0.3) is 17.1 Å². The molecule has 1 amide bonds. The number of amides is 1. The third-order valence-electron chi connectivity index (χ3n) is 4.60. The maximum Gasteiger partial charge on any atom is 0.233 e. The van der Waals surface area contributed by atoms with E-state index in [1.807, 2.05) is 71.0 Å². The van der Waals surface area contributed by atoms with Crippen LogP contribution in [-0.2, 0) is 11.3 Å². The molecule has 4 aromatic rings. The highest BCUT2D eigenvalue weighted by Gasteiger charge is 2.19. The number of hydrogen-bond acceptors (Lipinski definition) is 6. The first-order valence-electron chi connectivity index (χ1n) is 9.71. The Morgan fingerprint density at radius 1 is 1.13 bits per heavy atom. The Morgan fingerprint density at radius 3 is 2.65 bits per heavy atom. The predicted molar refractivity (Wildman–Crippen MR) is 126 cm³/mol. The molecular weight excluding hydrogens is 450 g/mol. The summed E-state index contributed by atoms with van der Waals surface area (Å²) in [7, 11) is 0. The molecule has 4 rings (SSSR count). The molecule has 3 heterocycles. The predicted octanol–water partition coefficient (Wildman–Crippen LogP) is 5.19. The number of thiophene rings is 1. The summed E-state index contributed by atoms with van der Waals surface area (Å²) in [4.78, 5) is 20.0. The van der Waals surface area contributed by atoms with Gasteiger partial charge in [0.1, 0.15) is 0 Å². The molecule has 0 saturated carbocycles. The number of nitrogens with zero attached hydrogens (tertiary/aromatic N) is 5. The molecule has 31 heavy (non-hydrogen) atoms. The van der Waals surface area contributed by atoms with Gasteiger partial charge in [0.15, 0.2) is 11.0 Å². The van der Waals surface area contributed by atoms with Crippen molar-refractivity contribution in [3.63, 3.8) is 0 Å². The lowest BCUT2D eigenvalue weighted by Gasteiger charge is -2.20. The van der Waals surface area contributed by atoms with Gasteiger partial charge < -0.3 is 4.90 Å². The number of hydrogen-bond donors (Lipinski definition) is 0. The zero-order chi connectivity index (χ0) is 21.6. The molecule has 0 aliphatic rings. The Bertz CT molecular complexity index is 1150. The van der Waals surface area contributed by atoms with Crippen molar-refractivity contribution in [1.82, 2.24) is 24.6 Å². The van der Waals surface area contributed by atoms with Crippen LogP contribution in [-0.4, -0.2) is 42.9 Å². The normalized spacial score (nSPS) is 10.9. The summed E-state index contributed by atoms with van der Waals surface area (Å²) >= 11 is 8.90. The third kappa shape index (κ3) is 5.15. The first-order chi connectivity index (χ1) is 15.2. The molecule has 0 fully saturated rings. The summed E-state index contributed by atoms with van der Waals surface area (Å²) in [5.74, 6) is 1.00. The first kappa shape index (κ1) is 21.5. The number of rotatable bonds is 8. The minimum absolute atomic E-state index is 0.0440. The van der Waals surface area contributed by atoms with Gasteiger partial charge in [0.25, 0.3) is 0 Å². The van der Waals surface area contributed by atoms with Gasteiger partial charge in [-0.25, -0.2) is 0 Å². The average molecular weight is 470 g/mol. The number of benzene rings is 1. The van der Waals surface area contributed by atoms with Crippen molar-refractivity contribution in [3.05, 3.63) is 76.2 Å². The number of carbonyl (C=O) groups is 1. The van der Waals surface area contributed by atoms with Crippen molar-refractivity contribution in [2.45, 2.75) is 18.6 Å². The molecule has 0 atom stereocenters. The number of carbonyl (C=O) groups excluding carboxylic acids is 1. The maximum atomic E-state index is 12.9. The molecule has 0 saturated heterocycles. The monoisotopic (exact) mass is 469 g/mol. The van der Waals surface area contributed by atoms with Gasteiger partial charge in [0, 0.05) is 35.1 Å². The summed E-state index contributed by atoms with van der Waals surface area (Å²) in [5.41, 5.74) is 1.80. The molecule has 0 spiro atoms. The Hall–Kier alpha value is -2.68. The second-order valence-corrected chi connectivity index (χ2v) is 9.36. The van der Waals surface area contributed by atoms with Gasteiger partial charge in [0.05, 0.1) is 16.6 Å². The highest BCUT2D eigenvalue weighted by molar-refractivity contribution is 7.99. The summed E-state index contributed by atoms with van der Waals surface area (Å²) < 4.78 is 2.69. The van der Waals surface area contributed by atoms with Crippen LogP contribution in [0.5, 0.6) is 0 Å². The van der Waals surface area contributed by atoms with Gasteiger partial charge in [-0.05, 0) is 43.3 Å². The summed E-state index contributed by atoms with van der Waals surface area (Å²) in [6.07, 6.45) is 3.48. The molecule has 0 unspecified atom stereocenters. The largest absolute Gasteiger partial charge is 0.337 e. The Kier molecular flexibility index (Phi) is 7.01. The van der Waals surface area contributed by atoms with Crippen LogP contribution < -0.4 is 0 Å². The van der Waals surface area contributed by atoms with Gasteiger partial charge >= 0.3 is 0 Å². The highest BCUT2D eigenvalue weighted by atomic mass is 35.5. The fraction of sp³-hybridized carbons (Fsp3) is 0.182. The van der Waals surface area contributed by atoms with E-state index in [-0.39, 0.29) is 11.7 Å². The lowest BCUT2D eigenvalue weighted by molar-refractivity contribution is -0.128. The van der Waals surface area contributed by atoms with Gasteiger partial charge in [-0.15, -0.1) is 21.5 Å². The standard InChI is InChI=1S/C22H20ClN5OS2/c1-2-27(14-18-10-11-19(23)31-18)20(29)15-30-22-26-25-21(16-7-6-12-24-13-16)28(22)17-8-4-3-5-9-17/h3-13H,2,14-15H2,1H3. The molecule has 0 aliphatic heterocycles. The summed E-state index contributed by atoms with van der Waals surface area (Å²) in [6, 6.07) is 17.5. The Labute approximate surface area is 193 Å². The fourth-order valence-corrected chi connectivity index (χ4v) is 5.03. The minimum Gasteiger partial charge on any atom is -0.337 e. The highest BCUT2D eigenvalue weighted by Crippen LogP contribution is 2.28. The zero-order valence-electron chi connectivity index (χ0n) is 16.8.